The Morgan fingerprint density at radius 2 is 1.43 bits per heavy atom. The minimum Gasteiger partial charge on any atom is -0.394 e. The molecule has 3 aliphatic heterocycles. The van der Waals surface area contributed by atoms with Crippen molar-refractivity contribution in [2.45, 2.75) is 165 Å². The van der Waals surface area contributed by atoms with Crippen molar-refractivity contribution in [2.24, 2.45) is 52.3 Å². The standard InChI is InChI=1S/C39H64O15/c1-17(16-50-35-33(47)31(45)29(43)26(14-40)52-35)5-10-39(49)18(2)28-25(54-39)13-22-20-12-24(42)23-11-19(6-8-37(23,3)21(20)7-9-38(22,28)4)51-36-34(48)32(46)30(44)27(15-41)53-36/h17-23,25-36,40-41,43-49H,5-16H2,1-4H3/t17-,18-,19-,20+,21-,22-,23+,25-,26+,27+,28-,29+,30+,31-,32-,33+,34+,35+,36+,37+,38-,39+/m0/s1. The summed E-state index contributed by atoms with van der Waals surface area (Å²) in [6, 6.07) is 0. The summed E-state index contributed by atoms with van der Waals surface area (Å²) < 4.78 is 29.6. The highest BCUT2D eigenvalue weighted by Crippen LogP contribution is 2.70. The third kappa shape index (κ3) is 6.83. The van der Waals surface area contributed by atoms with Crippen LogP contribution in [-0.4, -0.2) is 151 Å². The van der Waals surface area contributed by atoms with Crippen LogP contribution in [0.15, 0.2) is 0 Å². The number of aliphatic hydroxyl groups excluding tert-OH is 8. The molecule has 0 radical (unpaired) electrons. The first-order valence-corrected chi connectivity index (χ1v) is 20.3. The maximum Gasteiger partial charge on any atom is 0.186 e. The van der Waals surface area contributed by atoms with Gasteiger partial charge < -0.3 is 69.6 Å². The van der Waals surface area contributed by atoms with Crippen molar-refractivity contribution in [2.75, 3.05) is 19.8 Å². The number of hydrogen-bond donors (Lipinski definition) is 9. The molecule has 0 bridgehead atoms. The molecule has 9 N–H and O–H groups in total. The van der Waals surface area contributed by atoms with Gasteiger partial charge in [0, 0.05) is 24.7 Å². The molecule has 3 saturated heterocycles. The lowest BCUT2D eigenvalue weighted by Crippen LogP contribution is -2.61. The van der Waals surface area contributed by atoms with Gasteiger partial charge in [0.25, 0.3) is 0 Å². The van der Waals surface area contributed by atoms with E-state index in [2.05, 4.69) is 20.8 Å². The predicted molar refractivity (Wildman–Crippen MR) is 187 cm³/mol. The second-order valence-corrected chi connectivity index (χ2v) is 18.6. The van der Waals surface area contributed by atoms with E-state index in [1.807, 2.05) is 6.92 Å². The van der Waals surface area contributed by atoms with Gasteiger partial charge in [-0.3, -0.25) is 4.79 Å². The molecule has 22 atom stereocenters. The summed E-state index contributed by atoms with van der Waals surface area (Å²) >= 11 is 0. The Hall–Kier alpha value is -0.890. The van der Waals surface area contributed by atoms with Crippen LogP contribution in [0.2, 0.25) is 0 Å². The van der Waals surface area contributed by atoms with E-state index in [-0.39, 0.29) is 70.9 Å². The molecular formula is C39H64O15. The zero-order valence-corrected chi connectivity index (χ0v) is 31.9. The monoisotopic (exact) mass is 772 g/mol. The van der Waals surface area contributed by atoms with E-state index in [9.17, 15) is 50.8 Å². The summed E-state index contributed by atoms with van der Waals surface area (Å²) in [5, 5.41) is 92.5. The minimum absolute atomic E-state index is 0.0592. The molecule has 3 heterocycles. The Morgan fingerprint density at radius 3 is 2.07 bits per heavy atom. The van der Waals surface area contributed by atoms with E-state index in [1.54, 1.807) is 0 Å². The van der Waals surface area contributed by atoms with Crippen molar-refractivity contribution in [1.29, 1.82) is 0 Å². The number of Topliss-reactive ketones (excluding diaryl/α,β-unsaturated/α-hetero) is 1. The SMILES string of the molecule is C[C@@H](CC[C@@]1(O)O[C@H]2C[C@H]3[C@@H]4CC(=O)[C@H]5C[C@@H](O[C@@H]6O[C@H](CO)[C@@H](O)[C@H](O)[C@H]6O)CC[C@]5(C)[C@H]4CC[C@]3(C)[C@H]2[C@@H]1C)CO[C@@H]1O[C@H](CO)[C@@H](O)[C@H](O)[C@H]1O. The highest BCUT2D eigenvalue weighted by molar-refractivity contribution is 5.83. The van der Waals surface area contributed by atoms with Gasteiger partial charge in [0.2, 0.25) is 0 Å². The average molecular weight is 773 g/mol. The Balaban J connectivity index is 0.951. The smallest absolute Gasteiger partial charge is 0.186 e. The summed E-state index contributed by atoms with van der Waals surface area (Å²) in [4.78, 5) is 14.1. The molecule has 4 saturated carbocycles. The van der Waals surface area contributed by atoms with E-state index in [0.29, 0.717) is 38.0 Å². The summed E-state index contributed by atoms with van der Waals surface area (Å²) in [6.45, 7) is 7.73. The van der Waals surface area contributed by atoms with Crippen molar-refractivity contribution >= 4 is 5.78 Å². The molecule has 0 aromatic carbocycles. The van der Waals surface area contributed by atoms with Gasteiger partial charge in [-0.1, -0.05) is 27.7 Å². The first-order valence-electron chi connectivity index (χ1n) is 20.3. The number of rotatable bonds is 10. The predicted octanol–water partition coefficient (Wildman–Crippen LogP) is -0.424. The third-order valence-electron chi connectivity index (χ3n) is 15.7. The van der Waals surface area contributed by atoms with Crippen molar-refractivity contribution in [1.82, 2.24) is 0 Å². The average Bonchev–Trinajstić information content (AvgIpc) is 3.58. The molecule has 7 aliphatic rings. The van der Waals surface area contributed by atoms with Crippen molar-refractivity contribution in [3.8, 4) is 0 Å². The normalized spacial score (nSPS) is 55.1. The van der Waals surface area contributed by atoms with Gasteiger partial charge in [0.15, 0.2) is 18.4 Å². The lowest BCUT2D eigenvalue weighted by atomic mass is 9.44. The molecule has 0 aromatic rings. The molecule has 0 unspecified atom stereocenters. The van der Waals surface area contributed by atoms with Crippen LogP contribution in [-0.2, 0) is 28.5 Å². The van der Waals surface area contributed by atoms with E-state index in [1.165, 1.54) is 0 Å². The van der Waals surface area contributed by atoms with Gasteiger partial charge in [-0.25, -0.2) is 0 Å². The molecular weight excluding hydrogens is 708 g/mol. The summed E-state index contributed by atoms with van der Waals surface area (Å²) in [6.07, 6.45) is -7.81. The fourth-order valence-electron chi connectivity index (χ4n) is 12.5. The van der Waals surface area contributed by atoms with Gasteiger partial charge >= 0.3 is 0 Å². The van der Waals surface area contributed by atoms with E-state index in [0.717, 1.165) is 25.7 Å². The van der Waals surface area contributed by atoms with Crippen LogP contribution in [0, 0.1) is 52.3 Å². The first-order chi connectivity index (χ1) is 25.5. The number of aliphatic hydroxyl groups is 9. The summed E-state index contributed by atoms with van der Waals surface area (Å²) in [5.41, 5.74) is -0.310. The lowest BCUT2D eigenvalue weighted by molar-refractivity contribution is -0.315. The number of carbonyl (C=O) groups excluding carboxylic acids is 1. The van der Waals surface area contributed by atoms with E-state index < -0.39 is 80.4 Å². The molecule has 0 spiro atoms. The van der Waals surface area contributed by atoms with Gasteiger partial charge in [-0.2, -0.15) is 0 Å². The quantitative estimate of drug-likeness (QED) is 0.128. The molecule has 4 aliphatic carbocycles. The number of carbonyl (C=O) groups is 1. The van der Waals surface area contributed by atoms with Gasteiger partial charge in [0.1, 0.15) is 54.6 Å². The van der Waals surface area contributed by atoms with Gasteiger partial charge in [0.05, 0.1) is 32.0 Å². The molecule has 15 heteroatoms. The van der Waals surface area contributed by atoms with Crippen molar-refractivity contribution < 1.29 is 74.4 Å². The Morgan fingerprint density at radius 1 is 0.815 bits per heavy atom. The maximum atomic E-state index is 14.1. The summed E-state index contributed by atoms with van der Waals surface area (Å²) in [5.74, 6) is -0.505. The van der Waals surface area contributed by atoms with Crippen LogP contribution in [0.4, 0.5) is 0 Å². The largest absolute Gasteiger partial charge is 0.394 e. The Bertz CT molecular complexity index is 1330. The second-order valence-electron chi connectivity index (χ2n) is 18.6. The first kappa shape index (κ1) is 41.3. The number of fused-ring (bicyclic) bond motifs is 7. The Labute approximate surface area is 316 Å². The van der Waals surface area contributed by atoms with E-state index >= 15 is 0 Å². The fraction of sp³-hybridized carbons (Fsp3) is 0.974. The molecule has 0 aromatic heterocycles. The topological polar surface area (TPSA) is 245 Å². The van der Waals surface area contributed by atoms with Crippen LogP contribution >= 0.6 is 0 Å². The highest BCUT2D eigenvalue weighted by Gasteiger charge is 2.69. The molecule has 15 nitrogen and oxygen atoms in total. The van der Waals surface area contributed by atoms with Crippen LogP contribution in [0.25, 0.3) is 0 Å². The molecule has 54 heavy (non-hydrogen) atoms. The molecule has 310 valence electrons. The maximum absolute atomic E-state index is 14.1. The van der Waals surface area contributed by atoms with Gasteiger partial charge in [-0.15, -0.1) is 0 Å². The van der Waals surface area contributed by atoms with Crippen LogP contribution in [0.5, 0.6) is 0 Å². The van der Waals surface area contributed by atoms with E-state index in [4.69, 9.17) is 23.7 Å². The van der Waals surface area contributed by atoms with Crippen LogP contribution in [0.3, 0.4) is 0 Å². The molecule has 7 fully saturated rings. The third-order valence-corrected chi connectivity index (χ3v) is 15.7. The molecule has 0 amide bonds. The number of ether oxygens (including phenoxy) is 5. The Kier molecular flexibility index (Phi) is 11.7. The van der Waals surface area contributed by atoms with Crippen LogP contribution in [0.1, 0.15) is 85.5 Å². The number of ketones is 1. The fourth-order valence-corrected chi connectivity index (χ4v) is 12.5. The van der Waals surface area contributed by atoms with Gasteiger partial charge in [-0.05, 0) is 85.4 Å². The summed E-state index contributed by atoms with van der Waals surface area (Å²) in [7, 11) is 0. The zero-order chi connectivity index (χ0) is 39.1. The van der Waals surface area contributed by atoms with Crippen molar-refractivity contribution in [3.05, 3.63) is 0 Å². The minimum atomic E-state index is -1.52. The number of hydrogen-bond acceptors (Lipinski definition) is 15. The molecule has 7 rings (SSSR count). The lowest BCUT2D eigenvalue weighted by Gasteiger charge is -2.60. The van der Waals surface area contributed by atoms with Crippen molar-refractivity contribution in [3.63, 3.8) is 0 Å². The van der Waals surface area contributed by atoms with Crippen LogP contribution < -0.4 is 0 Å². The second kappa shape index (κ2) is 15.4. The highest BCUT2D eigenvalue weighted by atomic mass is 16.7. The zero-order valence-electron chi connectivity index (χ0n) is 31.9.